The number of carbonyl (C=O) groups excluding carboxylic acids is 2. The average Bonchev–Trinajstić information content (AvgIpc) is 2.45. The van der Waals surface area contributed by atoms with Crippen molar-refractivity contribution in [2.75, 3.05) is 6.61 Å². The Kier molecular flexibility index (Phi) is 6.60. The van der Waals surface area contributed by atoms with E-state index in [2.05, 4.69) is 0 Å². The molecule has 0 bridgehead atoms. The van der Waals surface area contributed by atoms with E-state index in [-0.39, 0.29) is 6.42 Å². The fourth-order valence-electron chi connectivity index (χ4n) is 2.67. The minimum atomic E-state index is -1.09. The third kappa shape index (κ3) is 5.42. The van der Waals surface area contributed by atoms with Gasteiger partial charge in [0, 0.05) is 18.3 Å². The molecule has 0 aromatic heterocycles. The Labute approximate surface area is 141 Å². The highest BCUT2D eigenvalue weighted by molar-refractivity contribution is 5.66. The van der Waals surface area contributed by atoms with Crippen molar-refractivity contribution < 1.29 is 24.2 Å². The van der Waals surface area contributed by atoms with Crippen molar-refractivity contribution in [3.05, 3.63) is 35.9 Å². The molecule has 1 unspecified atom stereocenters. The van der Waals surface area contributed by atoms with Crippen molar-refractivity contribution in [3.63, 3.8) is 0 Å². The molecular formula is C17H26N2O5. The maximum absolute atomic E-state index is 11.5. The number of primary amides is 2. The van der Waals surface area contributed by atoms with Gasteiger partial charge in [0.25, 0.3) is 0 Å². The summed E-state index contributed by atoms with van der Waals surface area (Å²) in [7, 11) is 0. The molecule has 1 aromatic carbocycles. The summed E-state index contributed by atoms with van der Waals surface area (Å²) in [5.41, 5.74) is 9.61. The number of ether oxygens (including phenoxy) is 2. The van der Waals surface area contributed by atoms with Gasteiger partial charge in [0.2, 0.25) is 0 Å². The summed E-state index contributed by atoms with van der Waals surface area (Å²) < 4.78 is 10.4. The number of rotatable bonds is 7. The summed E-state index contributed by atoms with van der Waals surface area (Å²) in [6.07, 6.45) is -2.44. The zero-order valence-electron chi connectivity index (χ0n) is 14.3. The molecule has 0 aliphatic carbocycles. The molecule has 0 saturated heterocycles. The standard InChI is InChI=1S/C17H26N2O5/c1-16(2,3)17(24-15(19)22,9-12-7-5-4-6-8-12)10-13(11-20)23-14(18)21/h4-8,13,20H,9-11H2,1-3H3,(H2,18,21)(H2,19,22)/t13?,17-/m0/s1. The Morgan fingerprint density at radius 2 is 1.71 bits per heavy atom. The highest BCUT2D eigenvalue weighted by Gasteiger charge is 2.47. The lowest BCUT2D eigenvalue weighted by Gasteiger charge is -2.45. The van der Waals surface area contributed by atoms with Crippen LogP contribution >= 0.6 is 0 Å². The third-order valence-electron chi connectivity index (χ3n) is 4.04. The summed E-state index contributed by atoms with van der Waals surface area (Å²) in [5.74, 6) is 0. The average molecular weight is 338 g/mol. The number of amides is 2. The molecule has 1 aromatic rings. The summed E-state index contributed by atoms with van der Waals surface area (Å²) in [4.78, 5) is 22.6. The molecular weight excluding hydrogens is 312 g/mol. The fourth-order valence-corrected chi connectivity index (χ4v) is 2.67. The largest absolute Gasteiger partial charge is 0.444 e. The Hall–Kier alpha value is -2.28. The van der Waals surface area contributed by atoms with Crippen molar-refractivity contribution in [1.29, 1.82) is 0 Å². The molecule has 0 spiro atoms. The van der Waals surface area contributed by atoms with E-state index in [9.17, 15) is 14.7 Å². The van der Waals surface area contributed by atoms with Crippen LogP contribution in [-0.2, 0) is 15.9 Å². The normalized spacial score (nSPS) is 15.2. The molecule has 2 atom stereocenters. The van der Waals surface area contributed by atoms with Crippen molar-refractivity contribution in [2.45, 2.75) is 45.3 Å². The topological polar surface area (TPSA) is 125 Å². The lowest BCUT2D eigenvalue weighted by atomic mass is 9.69. The molecule has 0 radical (unpaired) electrons. The number of aliphatic hydroxyl groups is 1. The molecule has 0 heterocycles. The maximum Gasteiger partial charge on any atom is 0.405 e. The van der Waals surface area contributed by atoms with Gasteiger partial charge in [-0.05, 0) is 5.56 Å². The maximum atomic E-state index is 11.5. The van der Waals surface area contributed by atoms with E-state index >= 15 is 0 Å². The van der Waals surface area contributed by atoms with E-state index in [1.165, 1.54) is 0 Å². The lowest BCUT2D eigenvalue weighted by molar-refractivity contribution is -0.0988. The Balaban J connectivity index is 3.24. The van der Waals surface area contributed by atoms with E-state index in [0.717, 1.165) is 5.56 Å². The molecule has 0 fully saturated rings. The van der Waals surface area contributed by atoms with Crippen molar-refractivity contribution in [2.24, 2.45) is 16.9 Å². The highest BCUT2D eigenvalue weighted by atomic mass is 16.6. The monoisotopic (exact) mass is 338 g/mol. The lowest BCUT2D eigenvalue weighted by Crippen LogP contribution is -2.53. The fraction of sp³-hybridized carbons (Fsp3) is 0.529. The Morgan fingerprint density at radius 3 is 2.12 bits per heavy atom. The van der Waals surface area contributed by atoms with Crippen LogP contribution in [0.15, 0.2) is 30.3 Å². The van der Waals surface area contributed by atoms with Crippen LogP contribution in [-0.4, -0.2) is 35.6 Å². The molecule has 0 aliphatic heterocycles. The minimum absolute atomic E-state index is 0.0633. The quantitative estimate of drug-likeness (QED) is 0.701. The van der Waals surface area contributed by atoms with Gasteiger partial charge in [-0.25, -0.2) is 9.59 Å². The van der Waals surface area contributed by atoms with Crippen molar-refractivity contribution in [3.8, 4) is 0 Å². The van der Waals surface area contributed by atoms with E-state index in [0.29, 0.717) is 6.42 Å². The smallest absolute Gasteiger partial charge is 0.405 e. The van der Waals surface area contributed by atoms with Crippen LogP contribution < -0.4 is 11.5 Å². The highest BCUT2D eigenvalue weighted by Crippen LogP contribution is 2.41. The molecule has 0 saturated carbocycles. The Bertz CT molecular complexity index is 556. The van der Waals surface area contributed by atoms with Crippen molar-refractivity contribution in [1.82, 2.24) is 0 Å². The predicted octanol–water partition coefficient (Wildman–Crippen LogP) is 1.96. The third-order valence-corrected chi connectivity index (χ3v) is 4.04. The molecule has 24 heavy (non-hydrogen) atoms. The van der Waals surface area contributed by atoms with Crippen molar-refractivity contribution >= 4 is 12.2 Å². The summed E-state index contributed by atoms with van der Waals surface area (Å²) >= 11 is 0. The predicted molar refractivity (Wildman–Crippen MR) is 89.2 cm³/mol. The number of nitrogens with two attached hydrogens (primary N) is 2. The zero-order chi connectivity index (χ0) is 18.4. The summed E-state index contributed by atoms with van der Waals surface area (Å²) in [6.45, 7) is 5.21. The second kappa shape index (κ2) is 8.01. The molecule has 5 N–H and O–H groups in total. The minimum Gasteiger partial charge on any atom is -0.444 e. The van der Waals surface area contributed by atoms with Gasteiger partial charge < -0.3 is 26.0 Å². The van der Waals surface area contributed by atoms with E-state index in [4.69, 9.17) is 20.9 Å². The number of hydrogen-bond acceptors (Lipinski definition) is 5. The van der Waals surface area contributed by atoms with Gasteiger partial charge in [-0.2, -0.15) is 0 Å². The SMILES string of the molecule is CC(C)(C)[C@](Cc1ccccc1)(CC(CO)OC(N)=O)OC(N)=O. The molecule has 1 rings (SSSR count). The van der Waals surface area contributed by atoms with Crippen LogP contribution in [0.3, 0.4) is 0 Å². The van der Waals surface area contributed by atoms with Gasteiger partial charge in [-0.1, -0.05) is 51.1 Å². The number of hydrogen-bond donors (Lipinski definition) is 3. The van der Waals surface area contributed by atoms with Crippen LogP contribution in [0.1, 0.15) is 32.8 Å². The van der Waals surface area contributed by atoms with Crippen LogP contribution in [0.2, 0.25) is 0 Å². The summed E-state index contributed by atoms with van der Waals surface area (Å²) in [5, 5.41) is 9.50. The van der Waals surface area contributed by atoms with Gasteiger partial charge in [-0.3, -0.25) is 0 Å². The molecule has 0 aliphatic rings. The van der Waals surface area contributed by atoms with Crippen LogP contribution in [0.25, 0.3) is 0 Å². The Morgan fingerprint density at radius 1 is 1.12 bits per heavy atom. The summed E-state index contributed by atoms with van der Waals surface area (Å²) in [6, 6.07) is 9.42. The van der Waals surface area contributed by atoms with Gasteiger partial charge in [-0.15, -0.1) is 0 Å². The van der Waals surface area contributed by atoms with Crippen LogP contribution in [0, 0.1) is 5.41 Å². The van der Waals surface area contributed by atoms with Crippen LogP contribution in [0.5, 0.6) is 0 Å². The molecule has 7 nitrogen and oxygen atoms in total. The van der Waals surface area contributed by atoms with Gasteiger partial charge in [0.1, 0.15) is 11.7 Å². The van der Waals surface area contributed by atoms with E-state index in [1.807, 2.05) is 51.1 Å². The van der Waals surface area contributed by atoms with Crippen LogP contribution in [0.4, 0.5) is 9.59 Å². The first-order valence-electron chi connectivity index (χ1n) is 7.69. The second-order valence-corrected chi connectivity index (χ2v) is 6.77. The van der Waals surface area contributed by atoms with E-state index < -0.39 is 35.9 Å². The molecule has 134 valence electrons. The van der Waals surface area contributed by atoms with Gasteiger partial charge in [0.05, 0.1) is 6.61 Å². The van der Waals surface area contributed by atoms with Gasteiger partial charge >= 0.3 is 12.2 Å². The number of aliphatic hydroxyl groups excluding tert-OH is 1. The zero-order valence-corrected chi connectivity index (χ0v) is 14.3. The molecule has 2 amide bonds. The number of benzene rings is 1. The first-order chi connectivity index (χ1) is 11.1. The van der Waals surface area contributed by atoms with E-state index in [1.54, 1.807) is 0 Å². The van der Waals surface area contributed by atoms with Gasteiger partial charge in [0.15, 0.2) is 0 Å². The number of carbonyl (C=O) groups is 2. The first-order valence-corrected chi connectivity index (χ1v) is 7.69. The first kappa shape index (κ1) is 19.8. The second-order valence-electron chi connectivity index (χ2n) is 6.77. The molecule has 7 heteroatoms.